The third-order valence-electron chi connectivity index (χ3n) is 4.06. The van der Waals surface area contributed by atoms with Crippen LogP contribution in [0, 0.1) is 0 Å². The zero-order valence-corrected chi connectivity index (χ0v) is 19.5. The Morgan fingerprint density at radius 1 is 1.06 bits per heavy atom. The SMILES string of the molecule is CCOCCCN=C(C)NN=C(c1ccc(Cl)cc1)c1ccc(OS(=O)(=O)C(F)(F)F)cc1. The summed E-state index contributed by atoms with van der Waals surface area (Å²) >= 11 is 5.95. The Morgan fingerprint density at radius 2 is 1.64 bits per heavy atom. The van der Waals surface area contributed by atoms with Crippen molar-refractivity contribution in [2.24, 2.45) is 10.1 Å². The van der Waals surface area contributed by atoms with Crippen LogP contribution < -0.4 is 9.61 Å². The van der Waals surface area contributed by atoms with Crippen LogP contribution in [-0.4, -0.2) is 45.2 Å². The minimum atomic E-state index is -5.76. The van der Waals surface area contributed by atoms with Crippen molar-refractivity contribution in [1.29, 1.82) is 0 Å². The Bertz CT molecular complexity index is 1070. The van der Waals surface area contributed by atoms with Crippen LogP contribution in [-0.2, 0) is 14.9 Å². The van der Waals surface area contributed by atoms with Crippen molar-refractivity contribution < 1.29 is 30.5 Å². The van der Waals surface area contributed by atoms with Crippen molar-refractivity contribution in [2.45, 2.75) is 25.8 Å². The molecule has 0 aliphatic heterocycles. The predicted molar refractivity (Wildman–Crippen MR) is 121 cm³/mol. The topological polar surface area (TPSA) is 89.3 Å². The zero-order chi connectivity index (χ0) is 24.5. The quantitative estimate of drug-likeness (QED) is 0.126. The van der Waals surface area contributed by atoms with Gasteiger partial charge in [0.05, 0.1) is 5.71 Å². The molecule has 0 atom stereocenters. The predicted octanol–water partition coefficient (Wildman–Crippen LogP) is 4.76. The van der Waals surface area contributed by atoms with Gasteiger partial charge >= 0.3 is 15.6 Å². The fourth-order valence-electron chi connectivity index (χ4n) is 2.48. The van der Waals surface area contributed by atoms with E-state index in [2.05, 4.69) is 19.7 Å². The van der Waals surface area contributed by atoms with Crippen LogP contribution in [0.3, 0.4) is 0 Å². The van der Waals surface area contributed by atoms with Crippen LogP contribution in [0.1, 0.15) is 31.4 Å². The molecule has 0 aliphatic carbocycles. The molecule has 0 bridgehead atoms. The number of amidine groups is 1. The number of hydrogen-bond donors (Lipinski definition) is 1. The van der Waals surface area contributed by atoms with E-state index in [4.69, 9.17) is 16.3 Å². The molecule has 0 aliphatic rings. The van der Waals surface area contributed by atoms with Gasteiger partial charge in [0.15, 0.2) is 0 Å². The molecule has 2 aromatic rings. The van der Waals surface area contributed by atoms with Crippen molar-refractivity contribution >= 4 is 33.3 Å². The van der Waals surface area contributed by atoms with Gasteiger partial charge in [0.2, 0.25) is 0 Å². The van der Waals surface area contributed by atoms with Crippen molar-refractivity contribution in [2.75, 3.05) is 19.8 Å². The summed E-state index contributed by atoms with van der Waals surface area (Å²) < 4.78 is 69.4. The standard InChI is InChI=1S/C21H23ClF3N3O4S/c1-3-31-14-4-13-26-15(2)27-28-20(16-5-9-18(22)10-6-16)17-7-11-19(12-8-17)32-33(29,30)21(23,24)25/h5-12H,3-4,13-14H2,1-2H3,(H,26,27). The summed E-state index contributed by atoms with van der Waals surface area (Å²) in [7, 11) is -5.76. The molecule has 1 N–H and O–H groups in total. The highest BCUT2D eigenvalue weighted by molar-refractivity contribution is 7.88. The lowest BCUT2D eigenvalue weighted by atomic mass is 10.0. The molecule has 0 radical (unpaired) electrons. The molecule has 33 heavy (non-hydrogen) atoms. The van der Waals surface area contributed by atoms with Gasteiger partial charge in [-0.15, -0.1) is 0 Å². The van der Waals surface area contributed by atoms with Crippen LogP contribution in [0.15, 0.2) is 58.6 Å². The van der Waals surface area contributed by atoms with Crippen LogP contribution in [0.4, 0.5) is 13.2 Å². The van der Waals surface area contributed by atoms with E-state index in [0.29, 0.717) is 47.5 Å². The number of halogens is 4. The average molecular weight is 506 g/mol. The van der Waals surface area contributed by atoms with Crippen LogP contribution in [0.5, 0.6) is 5.75 Å². The summed E-state index contributed by atoms with van der Waals surface area (Å²) in [4.78, 5) is 4.35. The summed E-state index contributed by atoms with van der Waals surface area (Å²) in [6.07, 6.45) is 0.753. The number of benzene rings is 2. The lowest BCUT2D eigenvalue weighted by Crippen LogP contribution is -2.28. The molecular formula is C21H23ClF3N3O4S. The Balaban J connectivity index is 2.25. The number of hydrogen-bond acceptors (Lipinski definition) is 6. The second-order valence-electron chi connectivity index (χ2n) is 6.60. The number of hydrazone groups is 1. The molecule has 0 fully saturated rings. The smallest absolute Gasteiger partial charge is 0.382 e. The van der Waals surface area contributed by atoms with Gasteiger partial charge in [0, 0.05) is 35.9 Å². The molecule has 2 rings (SSSR count). The van der Waals surface area contributed by atoms with Crippen LogP contribution >= 0.6 is 11.6 Å². The highest BCUT2D eigenvalue weighted by atomic mass is 35.5. The van der Waals surface area contributed by atoms with Crippen molar-refractivity contribution in [1.82, 2.24) is 5.43 Å². The second-order valence-corrected chi connectivity index (χ2v) is 8.58. The minimum absolute atomic E-state index is 0.431. The summed E-state index contributed by atoms with van der Waals surface area (Å²) in [5, 5.41) is 4.89. The molecule has 7 nitrogen and oxygen atoms in total. The van der Waals surface area contributed by atoms with E-state index in [-0.39, 0.29) is 0 Å². The summed E-state index contributed by atoms with van der Waals surface area (Å²) in [5.74, 6) is 0.0701. The number of alkyl halides is 3. The molecule has 0 spiro atoms. The van der Waals surface area contributed by atoms with Gasteiger partial charge in [-0.2, -0.15) is 26.7 Å². The van der Waals surface area contributed by atoms with Gasteiger partial charge < -0.3 is 8.92 Å². The van der Waals surface area contributed by atoms with Crippen molar-refractivity contribution in [3.05, 3.63) is 64.7 Å². The largest absolute Gasteiger partial charge is 0.534 e. The average Bonchev–Trinajstić information content (AvgIpc) is 2.75. The molecule has 0 saturated carbocycles. The maximum absolute atomic E-state index is 12.5. The van der Waals surface area contributed by atoms with E-state index >= 15 is 0 Å². The van der Waals surface area contributed by atoms with Crippen LogP contribution in [0.25, 0.3) is 0 Å². The van der Waals surface area contributed by atoms with Gasteiger partial charge in [0.1, 0.15) is 11.6 Å². The first-order chi connectivity index (χ1) is 15.5. The monoisotopic (exact) mass is 505 g/mol. The van der Waals surface area contributed by atoms with E-state index in [1.165, 1.54) is 12.1 Å². The zero-order valence-electron chi connectivity index (χ0n) is 17.9. The summed E-state index contributed by atoms with van der Waals surface area (Å²) in [6.45, 7) is 5.44. The minimum Gasteiger partial charge on any atom is -0.382 e. The van der Waals surface area contributed by atoms with Gasteiger partial charge in [-0.25, -0.2) is 0 Å². The molecule has 0 amide bonds. The third-order valence-corrected chi connectivity index (χ3v) is 5.30. The van der Waals surface area contributed by atoms with E-state index in [1.54, 1.807) is 31.2 Å². The molecule has 180 valence electrons. The van der Waals surface area contributed by atoms with E-state index in [1.807, 2.05) is 6.92 Å². The van der Waals surface area contributed by atoms with Crippen molar-refractivity contribution in [3.63, 3.8) is 0 Å². The molecule has 0 unspecified atom stereocenters. The Hall–Kier alpha value is -2.63. The number of ether oxygens (including phenoxy) is 1. The van der Waals surface area contributed by atoms with Gasteiger partial charge in [-0.1, -0.05) is 23.7 Å². The molecule has 2 aromatic carbocycles. The second kappa shape index (κ2) is 12.0. The number of nitrogens with zero attached hydrogens (tertiary/aromatic N) is 2. The third kappa shape index (κ3) is 8.34. The fraction of sp³-hybridized carbons (Fsp3) is 0.333. The lowest BCUT2D eigenvalue weighted by molar-refractivity contribution is -0.0500. The highest BCUT2D eigenvalue weighted by Crippen LogP contribution is 2.27. The normalized spacial score (nSPS) is 13.2. The molecular weight excluding hydrogens is 483 g/mol. The summed E-state index contributed by atoms with van der Waals surface area (Å²) in [5.41, 5.74) is -1.09. The van der Waals surface area contributed by atoms with E-state index in [0.717, 1.165) is 18.6 Å². The first kappa shape index (κ1) is 26.6. The number of rotatable bonds is 10. The molecule has 12 heteroatoms. The van der Waals surface area contributed by atoms with Gasteiger partial charge in [-0.05, 0) is 56.7 Å². The Labute approximate surface area is 195 Å². The first-order valence-electron chi connectivity index (χ1n) is 9.83. The summed E-state index contributed by atoms with van der Waals surface area (Å²) in [6, 6.07) is 11.8. The highest BCUT2D eigenvalue weighted by Gasteiger charge is 2.48. The maximum atomic E-state index is 12.5. The maximum Gasteiger partial charge on any atom is 0.534 e. The first-order valence-corrected chi connectivity index (χ1v) is 11.6. The number of nitrogens with one attached hydrogen (secondary N) is 1. The Kier molecular flexibility index (Phi) is 9.69. The van der Waals surface area contributed by atoms with Crippen molar-refractivity contribution in [3.8, 4) is 5.75 Å². The number of aliphatic imine (C=N–C) groups is 1. The molecule has 0 saturated heterocycles. The van der Waals surface area contributed by atoms with E-state index < -0.39 is 21.4 Å². The van der Waals surface area contributed by atoms with Gasteiger partial charge in [-0.3, -0.25) is 10.4 Å². The Morgan fingerprint density at radius 3 is 2.18 bits per heavy atom. The lowest BCUT2D eigenvalue weighted by Gasteiger charge is -2.11. The molecule has 0 aromatic heterocycles. The molecule has 0 heterocycles. The van der Waals surface area contributed by atoms with E-state index in [9.17, 15) is 21.6 Å². The fourth-order valence-corrected chi connectivity index (χ4v) is 3.06. The van der Waals surface area contributed by atoms with Crippen LogP contribution in [0.2, 0.25) is 5.02 Å². The van der Waals surface area contributed by atoms with Gasteiger partial charge in [0.25, 0.3) is 0 Å².